The minimum atomic E-state index is -1.12. The first-order valence-corrected chi connectivity index (χ1v) is 11.8. The molecule has 2 aromatic carbocycles. The summed E-state index contributed by atoms with van der Waals surface area (Å²) in [6.45, 7) is 0.189. The average molecular weight is 465 g/mol. The lowest BCUT2D eigenvalue weighted by Gasteiger charge is -2.28. The molecule has 2 unspecified atom stereocenters. The lowest BCUT2D eigenvalue weighted by atomic mass is 9.98. The summed E-state index contributed by atoms with van der Waals surface area (Å²) in [5.74, 6) is -2.02. The zero-order valence-electron chi connectivity index (χ0n) is 18.7. The monoisotopic (exact) mass is 464 g/mol. The van der Waals surface area contributed by atoms with Gasteiger partial charge < -0.3 is 25.2 Å². The first kappa shape index (κ1) is 22.4. The van der Waals surface area contributed by atoms with Crippen LogP contribution in [0.2, 0.25) is 0 Å². The van der Waals surface area contributed by atoms with Gasteiger partial charge in [-0.3, -0.25) is 4.79 Å². The number of nitrogens with one attached hydrogen (secondary N) is 1. The minimum Gasteiger partial charge on any atom is -0.480 e. The van der Waals surface area contributed by atoms with Gasteiger partial charge in [-0.2, -0.15) is 0 Å². The van der Waals surface area contributed by atoms with Crippen molar-refractivity contribution < 1.29 is 29.3 Å². The molecule has 1 aliphatic heterocycles. The van der Waals surface area contributed by atoms with E-state index in [0.29, 0.717) is 12.8 Å². The highest BCUT2D eigenvalue weighted by Gasteiger charge is 2.44. The number of carbonyl (C=O) groups excluding carboxylic acids is 2. The van der Waals surface area contributed by atoms with Crippen LogP contribution in [0, 0.1) is 5.92 Å². The summed E-state index contributed by atoms with van der Waals surface area (Å²) in [5.41, 5.74) is 4.54. The van der Waals surface area contributed by atoms with Gasteiger partial charge in [0.1, 0.15) is 12.6 Å². The maximum Gasteiger partial charge on any atom is 0.407 e. The maximum atomic E-state index is 13.1. The van der Waals surface area contributed by atoms with Crippen molar-refractivity contribution in [2.45, 2.75) is 49.8 Å². The summed E-state index contributed by atoms with van der Waals surface area (Å²) >= 11 is 0. The highest BCUT2D eigenvalue weighted by molar-refractivity contribution is 5.87. The molecule has 0 aromatic heterocycles. The summed E-state index contributed by atoms with van der Waals surface area (Å²) in [4.78, 5) is 38.6. The Bertz CT molecular complexity index is 1070. The predicted octanol–water partition coefficient (Wildman–Crippen LogP) is 2.74. The second kappa shape index (κ2) is 9.10. The summed E-state index contributed by atoms with van der Waals surface area (Å²) in [5, 5.41) is 22.2. The number of carboxylic acids is 1. The van der Waals surface area contributed by atoms with Crippen LogP contribution in [0.25, 0.3) is 11.1 Å². The Morgan fingerprint density at radius 1 is 1.00 bits per heavy atom. The second-order valence-corrected chi connectivity index (χ2v) is 9.35. The van der Waals surface area contributed by atoms with E-state index in [1.165, 1.54) is 4.90 Å². The van der Waals surface area contributed by atoms with Crippen LogP contribution < -0.4 is 5.32 Å². The van der Waals surface area contributed by atoms with Crippen molar-refractivity contribution in [2.24, 2.45) is 5.92 Å². The van der Waals surface area contributed by atoms with Gasteiger partial charge in [-0.1, -0.05) is 55.0 Å². The fourth-order valence-electron chi connectivity index (χ4n) is 5.72. The highest BCUT2D eigenvalue weighted by Crippen LogP contribution is 2.44. The molecular weight excluding hydrogens is 436 g/mol. The molecule has 2 fully saturated rings. The van der Waals surface area contributed by atoms with Crippen LogP contribution in [0.3, 0.4) is 0 Å². The van der Waals surface area contributed by atoms with E-state index < -0.39 is 36.2 Å². The molecule has 1 saturated carbocycles. The van der Waals surface area contributed by atoms with E-state index in [9.17, 15) is 24.6 Å². The lowest BCUT2D eigenvalue weighted by molar-refractivity contribution is -0.150. The van der Waals surface area contributed by atoms with Gasteiger partial charge >= 0.3 is 12.1 Å². The number of hydrogen-bond acceptors (Lipinski definition) is 5. The molecule has 2 amide bonds. The van der Waals surface area contributed by atoms with Crippen molar-refractivity contribution in [1.29, 1.82) is 0 Å². The number of benzene rings is 2. The van der Waals surface area contributed by atoms with Crippen LogP contribution >= 0.6 is 0 Å². The molecule has 3 N–H and O–H groups in total. The number of alkyl carbamates (subject to hydrolysis) is 1. The molecule has 2 aromatic rings. The number of carbonyl (C=O) groups is 3. The summed E-state index contributed by atoms with van der Waals surface area (Å²) in [7, 11) is 0. The molecule has 2 aliphatic carbocycles. The van der Waals surface area contributed by atoms with E-state index in [1.807, 2.05) is 24.3 Å². The Morgan fingerprint density at radius 3 is 2.29 bits per heavy atom. The number of hydrogen-bond donors (Lipinski definition) is 3. The summed E-state index contributed by atoms with van der Waals surface area (Å²) in [6.07, 6.45) is 0.528. The smallest absolute Gasteiger partial charge is 0.407 e. The van der Waals surface area contributed by atoms with Crippen LogP contribution in [-0.4, -0.2) is 64.4 Å². The summed E-state index contributed by atoms with van der Waals surface area (Å²) in [6, 6.07) is 14.7. The fourth-order valence-corrected chi connectivity index (χ4v) is 5.72. The molecule has 5 rings (SSSR count). The van der Waals surface area contributed by atoms with Gasteiger partial charge in [-0.25, -0.2) is 9.59 Å². The van der Waals surface area contributed by atoms with E-state index in [0.717, 1.165) is 28.7 Å². The number of amides is 2. The van der Waals surface area contributed by atoms with Crippen LogP contribution in [0.15, 0.2) is 48.5 Å². The quantitative estimate of drug-likeness (QED) is 0.627. The molecule has 0 radical (unpaired) electrons. The molecule has 34 heavy (non-hydrogen) atoms. The summed E-state index contributed by atoms with van der Waals surface area (Å²) < 4.78 is 5.62. The Morgan fingerprint density at radius 2 is 1.65 bits per heavy atom. The van der Waals surface area contributed by atoms with E-state index in [2.05, 4.69) is 29.6 Å². The number of aliphatic carboxylic acids is 1. The van der Waals surface area contributed by atoms with Gasteiger partial charge in [0.05, 0.1) is 12.0 Å². The van der Waals surface area contributed by atoms with Crippen molar-refractivity contribution >= 4 is 18.0 Å². The number of likely N-dealkylation sites (tertiary alicyclic amines) is 1. The molecule has 3 aliphatic rings. The highest BCUT2D eigenvalue weighted by atomic mass is 16.5. The third-order valence-corrected chi connectivity index (χ3v) is 7.33. The average Bonchev–Trinajstić information content (AvgIpc) is 3.53. The third kappa shape index (κ3) is 4.03. The first-order chi connectivity index (χ1) is 16.4. The number of nitrogens with zero attached hydrogens (tertiary/aromatic N) is 1. The van der Waals surface area contributed by atoms with E-state index in [-0.39, 0.29) is 31.4 Å². The van der Waals surface area contributed by atoms with E-state index >= 15 is 0 Å². The largest absolute Gasteiger partial charge is 0.480 e. The molecule has 8 nitrogen and oxygen atoms in total. The number of rotatable bonds is 5. The number of aliphatic hydroxyl groups excluding tert-OH is 1. The Kier molecular flexibility index (Phi) is 6.00. The van der Waals surface area contributed by atoms with Gasteiger partial charge in [0, 0.05) is 24.9 Å². The van der Waals surface area contributed by atoms with Crippen LogP contribution in [0.4, 0.5) is 4.79 Å². The molecule has 0 spiro atoms. The molecule has 1 heterocycles. The number of aliphatic hydroxyl groups is 1. The zero-order chi connectivity index (χ0) is 23.8. The normalized spacial score (nSPS) is 25.6. The van der Waals surface area contributed by atoms with Gasteiger partial charge in [-0.15, -0.1) is 0 Å². The van der Waals surface area contributed by atoms with Crippen molar-refractivity contribution in [2.75, 3.05) is 13.2 Å². The van der Waals surface area contributed by atoms with Gasteiger partial charge in [0.2, 0.25) is 5.91 Å². The molecule has 8 heteroatoms. The number of ether oxygens (including phenoxy) is 1. The van der Waals surface area contributed by atoms with Gasteiger partial charge in [-0.05, 0) is 35.1 Å². The predicted molar refractivity (Wildman–Crippen MR) is 123 cm³/mol. The topological polar surface area (TPSA) is 116 Å². The Hall–Kier alpha value is -3.39. The molecule has 1 saturated heterocycles. The van der Waals surface area contributed by atoms with Crippen molar-refractivity contribution in [1.82, 2.24) is 10.2 Å². The van der Waals surface area contributed by atoms with Gasteiger partial charge in [0.25, 0.3) is 0 Å². The molecule has 178 valence electrons. The minimum absolute atomic E-state index is 0.00393. The van der Waals surface area contributed by atoms with Gasteiger partial charge in [0.15, 0.2) is 0 Å². The zero-order valence-corrected chi connectivity index (χ0v) is 18.7. The lowest BCUT2D eigenvalue weighted by Crippen LogP contribution is -2.49. The number of β-amino-alcohol motifs (C(OH)–C–C–N with tert-alkyl or cyclic N) is 1. The Labute approximate surface area is 197 Å². The SMILES string of the molecule is O=C(N[C@H]1CCC[C@H]1C(=O)N1CC(O)CC1C(=O)O)OCC1c2ccccc2-c2ccccc21. The number of carboxylic acid groups (broad SMARTS) is 1. The van der Waals surface area contributed by atoms with Crippen LogP contribution in [0.5, 0.6) is 0 Å². The third-order valence-electron chi connectivity index (χ3n) is 7.33. The van der Waals surface area contributed by atoms with Crippen molar-refractivity contribution in [3.05, 3.63) is 59.7 Å². The maximum absolute atomic E-state index is 13.1. The van der Waals surface area contributed by atoms with Crippen molar-refractivity contribution in [3.8, 4) is 11.1 Å². The van der Waals surface area contributed by atoms with Crippen LogP contribution in [0.1, 0.15) is 42.7 Å². The van der Waals surface area contributed by atoms with E-state index in [1.54, 1.807) is 0 Å². The Balaban J connectivity index is 1.23. The standard InChI is InChI=1S/C26H28N2O6/c29-15-12-23(25(31)32)28(13-15)24(30)20-10-5-11-22(20)27-26(33)34-14-21-18-8-3-1-6-16(18)17-7-2-4-9-19(17)21/h1-4,6-9,15,20-23,29H,5,10-14H2,(H,27,33)(H,31,32)/t15?,20-,22+,23?/m1/s1. The molecule has 0 bridgehead atoms. The molecular formula is C26H28N2O6. The first-order valence-electron chi connectivity index (χ1n) is 11.8. The van der Waals surface area contributed by atoms with Crippen molar-refractivity contribution in [3.63, 3.8) is 0 Å². The van der Waals surface area contributed by atoms with Crippen LogP contribution in [-0.2, 0) is 14.3 Å². The fraction of sp³-hybridized carbons (Fsp3) is 0.423. The number of fused-ring (bicyclic) bond motifs is 3. The van der Waals surface area contributed by atoms with E-state index in [4.69, 9.17) is 4.74 Å². The second-order valence-electron chi connectivity index (χ2n) is 9.35. The molecule has 4 atom stereocenters.